The first-order valence-electron chi connectivity index (χ1n) is 7.21. The average molecular weight is 228 g/mol. The average Bonchev–Trinajstić information content (AvgIpc) is 2.27. The summed E-state index contributed by atoms with van der Waals surface area (Å²) in [5.74, 6) is 0. The molecule has 0 heterocycles. The summed E-state index contributed by atoms with van der Waals surface area (Å²) in [5.41, 5.74) is 6.84. The maximum atomic E-state index is 3.42. The highest BCUT2D eigenvalue weighted by atomic mass is 15.4. The molecule has 0 radical (unpaired) electrons. The molecule has 2 atom stereocenters. The molecule has 0 aliphatic rings. The molecule has 0 aromatic heterocycles. The Labute approximate surface area is 103 Å². The lowest BCUT2D eigenvalue weighted by atomic mass is 10.1. The van der Waals surface area contributed by atoms with Gasteiger partial charge in [0, 0.05) is 12.1 Å². The van der Waals surface area contributed by atoms with Gasteiger partial charge in [-0.3, -0.25) is 10.9 Å². The van der Waals surface area contributed by atoms with Crippen molar-refractivity contribution >= 4 is 0 Å². The Morgan fingerprint density at radius 2 is 1.06 bits per heavy atom. The van der Waals surface area contributed by atoms with Crippen LogP contribution in [0.3, 0.4) is 0 Å². The van der Waals surface area contributed by atoms with Crippen molar-refractivity contribution in [1.82, 2.24) is 10.9 Å². The van der Waals surface area contributed by atoms with Crippen LogP contribution in [-0.4, -0.2) is 12.1 Å². The van der Waals surface area contributed by atoms with E-state index in [-0.39, 0.29) is 0 Å². The molecule has 0 fully saturated rings. The zero-order valence-corrected chi connectivity index (χ0v) is 11.8. The van der Waals surface area contributed by atoms with Gasteiger partial charge in [-0.05, 0) is 26.7 Å². The monoisotopic (exact) mass is 228 g/mol. The Bertz CT molecular complexity index is 121. The number of nitrogens with one attached hydrogen (secondary N) is 2. The second-order valence-corrected chi connectivity index (χ2v) is 5.08. The van der Waals surface area contributed by atoms with Gasteiger partial charge in [0.2, 0.25) is 0 Å². The van der Waals surface area contributed by atoms with Crippen molar-refractivity contribution in [3.63, 3.8) is 0 Å². The molecule has 0 aromatic rings. The summed E-state index contributed by atoms with van der Waals surface area (Å²) >= 11 is 0. The first-order valence-corrected chi connectivity index (χ1v) is 7.21. The van der Waals surface area contributed by atoms with Gasteiger partial charge in [0.25, 0.3) is 0 Å². The van der Waals surface area contributed by atoms with Crippen molar-refractivity contribution in [2.45, 2.75) is 91.1 Å². The molecular weight excluding hydrogens is 196 g/mol. The molecule has 0 bridgehead atoms. The van der Waals surface area contributed by atoms with Gasteiger partial charge in [-0.25, -0.2) is 0 Å². The molecule has 0 saturated carbocycles. The van der Waals surface area contributed by atoms with Crippen LogP contribution in [0.4, 0.5) is 0 Å². The van der Waals surface area contributed by atoms with Crippen LogP contribution in [0.2, 0.25) is 0 Å². The quantitative estimate of drug-likeness (QED) is 0.412. The second kappa shape index (κ2) is 11.4. The molecule has 98 valence electrons. The SMILES string of the molecule is CCCCC[C@@H](C)NN[C@H](C)CCCCC. The predicted octanol–water partition coefficient (Wildman–Crippen LogP) is 4.02. The largest absolute Gasteiger partial charge is 0.255 e. The Kier molecular flexibility index (Phi) is 11.3. The number of hydrogen-bond acceptors (Lipinski definition) is 2. The van der Waals surface area contributed by atoms with Crippen molar-refractivity contribution < 1.29 is 0 Å². The predicted molar refractivity (Wildman–Crippen MR) is 73.5 cm³/mol. The first kappa shape index (κ1) is 15.9. The molecule has 0 spiro atoms. The van der Waals surface area contributed by atoms with E-state index >= 15 is 0 Å². The highest BCUT2D eigenvalue weighted by molar-refractivity contribution is 4.62. The summed E-state index contributed by atoms with van der Waals surface area (Å²) in [4.78, 5) is 0. The van der Waals surface area contributed by atoms with E-state index in [0.29, 0.717) is 12.1 Å². The van der Waals surface area contributed by atoms with Crippen LogP contribution in [0.25, 0.3) is 0 Å². The lowest BCUT2D eigenvalue weighted by Gasteiger charge is -2.19. The van der Waals surface area contributed by atoms with Gasteiger partial charge in [-0.15, -0.1) is 0 Å². The second-order valence-electron chi connectivity index (χ2n) is 5.08. The van der Waals surface area contributed by atoms with Gasteiger partial charge in [-0.2, -0.15) is 0 Å². The summed E-state index contributed by atoms with van der Waals surface area (Å²) in [6.07, 6.45) is 10.6. The van der Waals surface area contributed by atoms with Gasteiger partial charge >= 0.3 is 0 Å². The molecule has 16 heavy (non-hydrogen) atoms. The van der Waals surface area contributed by atoms with E-state index in [0.717, 1.165) is 0 Å². The van der Waals surface area contributed by atoms with Gasteiger partial charge in [0.15, 0.2) is 0 Å². The lowest BCUT2D eigenvalue weighted by Crippen LogP contribution is -2.44. The van der Waals surface area contributed by atoms with E-state index in [1.165, 1.54) is 51.4 Å². The van der Waals surface area contributed by atoms with E-state index in [1.54, 1.807) is 0 Å². The Hall–Kier alpha value is -0.0800. The van der Waals surface area contributed by atoms with Crippen molar-refractivity contribution in [1.29, 1.82) is 0 Å². The first-order chi connectivity index (χ1) is 7.70. The summed E-state index contributed by atoms with van der Waals surface area (Å²) in [6, 6.07) is 1.19. The highest BCUT2D eigenvalue weighted by Crippen LogP contribution is 2.04. The summed E-state index contributed by atoms with van der Waals surface area (Å²) in [7, 11) is 0. The van der Waals surface area contributed by atoms with E-state index in [9.17, 15) is 0 Å². The molecule has 0 amide bonds. The number of hydrogen-bond donors (Lipinski definition) is 2. The van der Waals surface area contributed by atoms with Crippen molar-refractivity contribution in [3.05, 3.63) is 0 Å². The molecule has 0 unspecified atom stereocenters. The third kappa shape index (κ3) is 10.4. The topological polar surface area (TPSA) is 24.1 Å². The van der Waals surface area contributed by atoms with E-state index in [4.69, 9.17) is 0 Å². The van der Waals surface area contributed by atoms with Gasteiger partial charge in [0.05, 0.1) is 0 Å². The zero-order chi connectivity index (χ0) is 12.2. The van der Waals surface area contributed by atoms with Crippen LogP contribution in [0.15, 0.2) is 0 Å². The third-order valence-corrected chi connectivity index (χ3v) is 3.06. The minimum atomic E-state index is 0.597. The smallest absolute Gasteiger partial charge is 0.0184 e. The maximum Gasteiger partial charge on any atom is 0.0184 e. The summed E-state index contributed by atoms with van der Waals surface area (Å²) < 4.78 is 0. The molecule has 0 aliphatic carbocycles. The van der Waals surface area contributed by atoms with Crippen LogP contribution >= 0.6 is 0 Å². The Morgan fingerprint density at radius 1 is 0.688 bits per heavy atom. The normalized spacial score (nSPS) is 15.0. The fraction of sp³-hybridized carbons (Fsp3) is 1.00. The molecule has 0 saturated heterocycles. The number of rotatable bonds is 11. The van der Waals surface area contributed by atoms with E-state index < -0.39 is 0 Å². The standard InChI is InChI=1S/C14H32N2/c1-5-7-9-11-13(3)15-16-14(4)12-10-8-6-2/h13-16H,5-12H2,1-4H3/t13-,14-/m1/s1. The molecule has 2 N–H and O–H groups in total. The fourth-order valence-electron chi connectivity index (χ4n) is 1.83. The van der Waals surface area contributed by atoms with Crippen LogP contribution in [-0.2, 0) is 0 Å². The maximum absolute atomic E-state index is 3.42. The minimum Gasteiger partial charge on any atom is -0.255 e. The molecule has 0 aromatic carbocycles. The lowest BCUT2D eigenvalue weighted by molar-refractivity contribution is 0.360. The van der Waals surface area contributed by atoms with E-state index in [2.05, 4.69) is 38.5 Å². The number of hydrazine groups is 1. The van der Waals surface area contributed by atoms with Crippen molar-refractivity contribution in [3.8, 4) is 0 Å². The van der Waals surface area contributed by atoms with Crippen LogP contribution < -0.4 is 10.9 Å². The Morgan fingerprint density at radius 3 is 1.38 bits per heavy atom. The minimum absolute atomic E-state index is 0.597. The van der Waals surface area contributed by atoms with Crippen molar-refractivity contribution in [2.75, 3.05) is 0 Å². The van der Waals surface area contributed by atoms with Crippen LogP contribution in [0.5, 0.6) is 0 Å². The van der Waals surface area contributed by atoms with Crippen LogP contribution in [0.1, 0.15) is 79.1 Å². The van der Waals surface area contributed by atoms with Crippen LogP contribution in [0, 0.1) is 0 Å². The molecule has 2 nitrogen and oxygen atoms in total. The molecule has 2 heteroatoms. The fourth-order valence-corrected chi connectivity index (χ4v) is 1.83. The molecule has 0 aliphatic heterocycles. The summed E-state index contributed by atoms with van der Waals surface area (Å²) in [6.45, 7) is 9.04. The van der Waals surface area contributed by atoms with Gasteiger partial charge < -0.3 is 0 Å². The van der Waals surface area contributed by atoms with E-state index in [1.807, 2.05) is 0 Å². The zero-order valence-electron chi connectivity index (χ0n) is 11.8. The highest BCUT2D eigenvalue weighted by Gasteiger charge is 2.04. The molecule has 0 rings (SSSR count). The molecular formula is C14H32N2. The van der Waals surface area contributed by atoms with Gasteiger partial charge in [0.1, 0.15) is 0 Å². The van der Waals surface area contributed by atoms with Crippen molar-refractivity contribution in [2.24, 2.45) is 0 Å². The third-order valence-electron chi connectivity index (χ3n) is 3.06. The summed E-state index contributed by atoms with van der Waals surface area (Å²) in [5, 5.41) is 0. The Balaban J connectivity index is 3.32. The van der Waals surface area contributed by atoms with Gasteiger partial charge in [-0.1, -0.05) is 52.4 Å². The number of unbranched alkanes of at least 4 members (excludes halogenated alkanes) is 4.